The van der Waals surface area contributed by atoms with Crippen LogP contribution in [-0.4, -0.2) is 60.9 Å². The van der Waals surface area contributed by atoms with E-state index in [0.717, 1.165) is 6.07 Å². The van der Waals surface area contributed by atoms with Crippen LogP contribution >= 0.6 is 0 Å². The van der Waals surface area contributed by atoms with E-state index in [-0.39, 0.29) is 16.9 Å². The van der Waals surface area contributed by atoms with E-state index in [1.807, 2.05) is 25.1 Å². The largest absolute Gasteiger partial charge is 0.507 e. The van der Waals surface area contributed by atoms with E-state index in [1.165, 1.54) is 24.1 Å². The maximum absolute atomic E-state index is 14.2. The van der Waals surface area contributed by atoms with Crippen LogP contribution in [0.1, 0.15) is 17.2 Å². The number of aliphatic hydroxyl groups is 1. The number of hydrogen-bond donors (Lipinski definition) is 1. The molecule has 1 amide bonds. The van der Waals surface area contributed by atoms with Gasteiger partial charge in [0.05, 0.1) is 18.7 Å². The van der Waals surface area contributed by atoms with Gasteiger partial charge in [-0.2, -0.15) is 0 Å². The fourth-order valence-electron chi connectivity index (χ4n) is 3.37. The zero-order valence-corrected chi connectivity index (χ0v) is 16.6. The van der Waals surface area contributed by atoms with Crippen LogP contribution < -0.4 is 4.74 Å². The maximum Gasteiger partial charge on any atom is 0.295 e. The molecule has 1 aliphatic rings. The number of ether oxygens (including phenoxy) is 1. The second-order valence-corrected chi connectivity index (χ2v) is 7.06. The molecule has 0 spiro atoms. The van der Waals surface area contributed by atoms with Crippen LogP contribution in [-0.2, 0) is 9.59 Å². The fourth-order valence-corrected chi connectivity index (χ4v) is 3.37. The van der Waals surface area contributed by atoms with Crippen molar-refractivity contribution in [1.82, 2.24) is 9.80 Å². The number of methoxy groups -OCH3 is 1. The molecule has 6 nitrogen and oxygen atoms in total. The summed E-state index contributed by atoms with van der Waals surface area (Å²) < 4.78 is 19.1. The highest BCUT2D eigenvalue weighted by molar-refractivity contribution is 6.46. The summed E-state index contributed by atoms with van der Waals surface area (Å²) in [6.45, 7) is 0.860. The summed E-state index contributed by atoms with van der Waals surface area (Å²) in [6, 6.07) is 12.2. The highest BCUT2D eigenvalue weighted by Gasteiger charge is 2.45. The number of halogens is 1. The molecule has 3 rings (SSSR count). The molecule has 1 heterocycles. The Morgan fingerprint density at radius 2 is 1.86 bits per heavy atom. The first-order valence-corrected chi connectivity index (χ1v) is 9.17. The minimum atomic E-state index is -0.786. The van der Waals surface area contributed by atoms with E-state index >= 15 is 0 Å². The zero-order valence-electron chi connectivity index (χ0n) is 16.6. The highest BCUT2D eigenvalue weighted by atomic mass is 19.1. The normalized spacial score (nSPS) is 18.5. The van der Waals surface area contributed by atoms with Gasteiger partial charge in [-0.25, -0.2) is 4.39 Å². The summed E-state index contributed by atoms with van der Waals surface area (Å²) >= 11 is 0. The van der Waals surface area contributed by atoms with E-state index in [9.17, 15) is 19.1 Å². The van der Waals surface area contributed by atoms with Crippen molar-refractivity contribution in [1.29, 1.82) is 0 Å². The third kappa shape index (κ3) is 4.00. The topological polar surface area (TPSA) is 70.1 Å². The summed E-state index contributed by atoms with van der Waals surface area (Å²) in [5.74, 6) is -2.53. The van der Waals surface area contributed by atoms with Gasteiger partial charge in [0.2, 0.25) is 0 Å². The molecule has 1 aliphatic heterocycles. The lowest BCUT2D eigenvalue weighted by Gasteiger charge is -2.26. The SMILES string of the molecule is COc1ccc(/C(O)=C2\C(=O)C(=O)N(CCN(C)C)[C@H]2c2ccccc2)cc1F. The monoisotopic (exact) mass is 398 g/mol. The maximum atomic E-state index is 14.2. The number of likely N-dealkylation sites (N-methyl/N-ethyl adjacent to an activating group) is 1. The molecule has 0 bridgehead atoms. The third-order valence-electron chi connectivity index (χ3n) is 4.87. The van der Waals surface area contributed by atoms with Gasteiger partial charge in [-0.3, -0.25) is 9.59 Å². The van der Waals surface area contributed by atoms with Gasteiger partial charge < -0.3 is 19.6 Å². The molecule has 29 heavy (non-hydrogen) atoms. The summed E-state index contributed by atoms with van der Waals surface area (Å²) in [6.07, 6.45) is 0. The standard InChI is InChI=1S/C22H23FN2O4/c1-24(2)11-12-25-19(14-7-5-4-6-8-14)18(21(27)22(25)28)20(26)15-9-10-17(29-3)16(23)13-15/h4-10,13,19,26H,11-12H2,1-3H3/b20-18+/t19-/m0/s1. The number of rotatable bonds is 6. The molecule has 1 saturated heterocycles. The molecule has 7 heteroatoms. The van der Waals surface area contributed by atoms with Crippen molar-refractivity contribution in [3.8, 4) is 5.75 Å². The van der Waals surface area contributed by atoms with Crippen molar-refractivity contribution in [2.24, 2.45) is 0 Å². The third-order valence-corrected chi connectivity index (χ3v) is 4.87. The van der Waals surface area contributed by atoms with Crippen LogP contribution in [0.25, 0.3) is 5.76 Å². The summed E-state index contributed by atoms with van der Waals surface area (Å²) in [7, 11) is 5.08. The van der Waals surface area contributed by atoms with Crippen LogP contribution in [0.15, 0.2) is 54.1 Å². The van der Waals surface area contributed by atoms with Crippen molar-refractivity contribution >= 4 is 17.4 Å². The second-order valence-electron chi connectivity index (χ2n) is 7.06. The Hall–Kier alpha value is -3.19. The lowest BCUT2D eigenvalue weighted by atomic mass is 9.95. The molecule has 0 radical (unpaired) electrons. The van der Waals surface area contributed by atoms with E-state index < -0.39 is 29.3 Å². The molecule has 0 aliphatic carbocycles. The van der Waals surface area contributed by atoms with Gasteiger partial charge in [0, 0.05) is 18.7 Å². The van der Waals surface area contributed by atoms with Crippen LogP contribution in [0.4, 0.5) is 4.39 Å². The quantitative estimate of drug-likeness (QED) is 0.460. The average Bonchev–Trinajstić information content (AvgIpc) is 2.97. The molecular weight excluding hydrogens is 375 g/mol. The molecule has 1 N–H and O–H groups in total. The van der Waals surface area contributed by atoms with Gasteiger partial charge >= 0.3 is 0 Å². The summed E-state index contributed by atoms with van der Waals surface area (Å²) in [5, 5.41) is 10.9. The molecule has 2 aromatic carbocycles. The predicted molar refractivity (Wildman–Crippen MR) is 107 cm³/mol. The van der Waals surface area contributed by atoms with Gasteiger partial charge in [0.25, 0.3) is 11.7 Å². The Balaban J connectivity index is 2.13. The highest BCUT2D eigenvalue weighted by Crippen LogP contribution is 2.39. The number of carbonyl (C=O) groups excluding carboxylic acids is 2. The Bertz CT molecular complexity index is 957. The Morgan fingerprint density at radius 3 is 2.45 bits per heavy atom. The first-order chi connectivity index (χ1) is 13.8. The second kappa shape index (κ2) is 8.45. The number of amides is 1. The molecule has 1 atom stereocenters. The molecule has 0 unspecified atom stereocenters. The van der Waals surface area contributed by atoms with E-state index in [2.05, 4.69) is 0 Å². The molecule has 1 fully saturated rings. The van der Waals surface area contributed by atoms with E-state index in [1.54, 1.807) is 24.3 Å². The number of aliphatic hydroxyl groups excluding tert-OH is 1. The zero-order chi connectivity index (χ0) is 21.1. The van der Waals surface area contributed by atoms with Crippen LogP contribution in [0, 0.1) is 5.82 Å². The van der Waals surface area contributed by atoms with Crippen molar-refractivity contribution in [3.63, 3.8) is 0 Å². The summed E-state index contributed by atoms with van der Waals surface area (Å²) in [5.41, 5.74) is 0.750. The van der Waals surface area contributed by atoms with Gasteiger partial charge in [0.15, 0.2) is 11.6 Å². The Morgan fingerprint density at radius 1 is 1.17 bits per heavy atom. The fraction of sp³-hybridized carbons (Fsp3) is 0.273. The molecule has 152 valence electrons. The smallest absolute Gasteiger partial charge is 0.295 e. The van der Waals surface area contributed by atoms with Crippen molar-refractivity contribution in [3.05, 3.63) is 71.0 Å². The summed E-state index contributed by atoms with van der Waals surface area (Å²) in [4.78, 5) is 28.9. The first kappa shape index (κ1) is 20.5. The molecule has 0 aromatic heterocycles. The number of nitrogens with zero attached hydrogens (tertiary/aromatic N) is 2. The van der Waals surface area contributed by atoms with E-state index in [4.69, 9.17) is 4.74 Å². The van der Waals surface area contributed by atoms with E-state index in [0.29, 0.717) is 18.7 Å². The van der Waals surface area contributed by atoms with Gasteiger partial charge in [-0.1, -0.05) is 30.3 Å². The van der Waals surface area contributed by atoms with Crippen molar-refractivity contribution in [2.45, 2.75) is 6.04 Å². The molecule has 2 aromatic rings. The van der Waals surface area contributed by atoms with Crippen LogP contribution in [0.2, 0.25) is 0 Å². The lowest BCUT2D eigenvalue weighted by molar-refractivity contribution is -0.140. The number of hydrogen-bond acceptors (Lipinski definition) is 5. The van der Waals surface area contributed by atoms with Gasteiger partial charge in [0.1, 0.15) is 5.76 Å². The predicted octanol–water partition coefficient (Wildman–Crippen LogP) is 2.82. The minimum absolute atomic E-state index is 0.0209. The number of Topliss-reactive ketones (excluding diaryl/α,β-unsaturated/α-hetero) is 1. The lowest BCUT2D eigenvalue weighted by Crippen LogP contribution is -2.35. The van der Waals surface area contributed by atoms with Crippen LogP contribution in [0.3, 0.4) is 0 Å². The van der Waals surface area contributed by atoms with Crippen molar-refractivity contribution in [2.75, 3.05) is 34.3 Å². The number of ketones is 1. The number of carbonyl (C=O) groups is 2. The Kier molecular flexibility index (Phi) is 5.98. The first-order valence-electron chi connectivity index (χ1n) is 9.17. The van der Waals surface area contributed by atoms with Crippen molar-refractivity contribution < 1.29 is 23.8 Å². The Labute approximate surface area is 168 Å². The van der Waals surface area contributed by atoms with Crippen LogP contribution in [0.5, 0.6) is 5.75 Å². The average molecular weight is 398 g/mol. The minimum Gasteiger partial charge on any atom is -0.507 e. The van der Waals surface area contributed by atoms with Gasteiger partial charge in [-0.05, 0) is 37.9 Å². The molecule has 0 saturated carbocycles. The number of benzene rings is 2. The number of likely N-dealkylation sites (tertiary alicyclic amines) is 1. The van der Waals surface area contributed by atoms with Gasteiger partial charge in [-0.15, -0.1) is 0 Å². The molecular formula is C22H23FN2O4.